The molecular weight excluding hydrogens is 288 g/mol. The van der Waals surface area contributed by atoms with Gasteiger partial charge in [-0.2, -0.15) is 5.26 Å². The first kappa shape index (κ1) is 17.2. The van der Waals surface area contributed by atoms with E-state index in [1.54, 1.807) is 6.08 Å². The highest BCUT2D eigenvalue weighted by molar-refractivity contribution is 5.92. The van der Waals surface area contributed by atoms with Crippen LogP contribution in [0.4, 0.5) is 0 Å². The Labute approximate surface area is 138 Å². The van der Waals surface area contributed by atoms with E-state index in [1.807, 2.05) is 12.1 Å². The summed E-state index contributed by atoms with van der Waals surface area (Å²) in [5, 5.41) is 12.2. The van der Waals surface area contributed by atoms with E-state index in [2.05, 4.69) is 37.4 Å². The quantitative estimate of drug-likeness (QED) is 0.850. The smallest absolute Gasteiger partial charge is 0.245 e. The van der Waals surface area contributed by atoms with Gasteiger partial charge in [-0.3, -0.25) is 4.79 Å². The van der Waals surface area contributed by atoms with Crippen LogP contribution < -0.4 is 5.32 Å². The molecule has 0 aromatic heterocycles. The van der Waals surface area contributed by atoms with Crippen LogP contribution >= 0.6 is 0 Å². The fourth-order valence-electron chi connectivity index (χ4n) is 2.67. The number of nitriles is 1. The Morgan fingerprint density at radius 1 is 1.35 bits per heavy atom. The van der Waals surface area contributed by atoms with E-state index < -0.39 is 5.54 Å². The van der Waals surface area contributed by atoms with E-state index in [9.17, 15) is 10.1 Å². The van der Waals surface area contributed by atoms with Crippen molar-refractivity contribution in [1.82, 2.24) is 5.32 Å². The molecule has 1 fully saturated rings. The molecule has 0 saturated carbocycles. The number of amides is 1. The molecule has 0 aliphatic carbocycles. The molecular formula is C19H24N2O2. The highest BCUT2D eigenvalue weighted by Crippen LogP contribution is 2.19. The molecule has 0 spiro atoms. The number of rotatable bonds is 5. The predicted octanol–water partition coefficient (Wildman–Crippen LogP) is 3.09. The molecule has 1 aliphatic rings. The number of hydrogen-bond acceptors (Lipinski definition) is 3. The molecule has 1 aromatic carbocycles. The van der Waals surface area contributed by atoms with Gasteiger partial charge in [-0.05, 0) is 29.5 Å². The van der Waals surface area contributed by atoms with Crippen LogP contribution in [-0.4, -0.2) is 24.7 Å². The van der Waals surface area contributed by atoms with Gasteiger partial charge in [0.1, 0.15) is 5.54 Å². The van der Waals surface area contributed by atoms with Gasteiger partial charge < -0.3 is 10.1 Å². The van der Waals surface area contributed by atoms with Gasteiger partial charge in [0, 0.05) is 32.1 Å². The fraction of sp³-hybridized carbons (Fsp3) is 0.474. The Hall–Kier alpha value is -2.12. The summed E-state index contributed by atoms with van der Waals surface area (Å²) < 4.78 is 5.26. The van der Waals surface area contributed by atoms with Crippen molar-refractivity contribution >= 4 is 12.0 Å². The fourth-order valence-corrected chi connectivity index (χ4v) is 2.67. The monoisotopic (exact) mass is 312 g/mol. The van der Waals surface area contributed by atoms with Gasteiger partial charge >= 0.3 is 0 Å². The van der Waals surface area contributed by atoms with Crippen LogP contribution in [0.3, 0.4) is 0 Å². The lowest BCUT2D eigenvalue weighted by Gasteiger charge is -2.30. The molecule has 1 saturated heterocycles. The lowest BCUT2D eigenvalue weighted by molar-refractivity contribution is -0.118. The van der Waals surface area contributed by atoms with Gasteiger partial charge in [0.2, 0.25) is 5.91 Å². The number of hydrogen-bond donors (Lipinski definition) is 1. The van der Waals surface area contributed by atoms with Gasteiger partial charge in [0.25, 0.3) is 0 Å². The molecule has 122 valence electrons. The summed E-state index contributed by atoms with van der Waals surface area (Å²) in [7, 11) is 0. The Morgan fingerprint density at radius 3 is 2.57 bits per heavy atom. The van der Waals surface area contributed by atoms with Crippen molar-refractivity contribution < 1.29 is 9.53 Å². The summed E-state index contributed by atoms with van der Waals surface area (Å²) in [6.07, 6.45) is 5.39. The minimum absolute atomic E-state index is 0.236. The second kappa shape index (κ2) is 7.94. The van der Waals surface area contributed by atoms with Crippen LogP contribution in [0.5, 0.6) is 0 Å². The highest BCUT2D eigenvalue weighted by atomic mass is 16.5. The van der Waals surface area contributed by atoms with Crippen molar-refractivity contribution in [2.24, 2.45) is 5.92 Å². The maximum atomic E-state index is 12.1. The molecule has 2 rings (SSSR count). The first-order chi connectivity index (χ1) is 11.0. The minimum atomic E-state index is -0.791. The topological polar surface area (TPSA) is 62.1 Å². The van der Waals surface area contributed by atoms with Gasteiger partial charge in [-0.25, -0.2) is 0 Å². The molecule has 4 nitrogen and oxygen atoms in total. The summed E-state index contributed by atoms with van der Waals surface area (Å²) in [6, 6.07) is 10.4. The third-order valence-corrected chi connectivity index (χ3v) is 3.97. The molecule has 1 aliphatic heterocycles. The normalized spacial score (nSPS) is 17.1. The number of nitrogens with one attached hydrogen (secondary N) is 1. The molecule has 0 unspecified atom stereocenters. The number of carbonyl (C=O) groups excluding carboxylic acids is 1. The van der Waals surface area contributed by atoms with Crippen LogP contribution in [0.25, 0.3) is 6.08 Å². The van der Waals surface area contributed by atoms with E-state index in [4.69, 9.17) is 4.74 Å². The number of benzene rings is 1. The molecule has 1 heterocycles. The molecule has 0 bridgehead atoms. The highest BCUT2D eigenvalue weighted by Gasteiger charge is 2.33. The van der Waals surface area contributed by atoms with Gasteiger partial charge in [-0.1, -0.05) is 38.1 Å². The summed E-state index contributed by atoms with van der Waals surface area (Å²) in [6.45, 7) is 5.41. The zero-order chi connectivity index (χ0) is 16.7. The zero-order valence-electron chi connectivity index (χ0n) is 13.8. The number of ether oxygens (including phenoxy) is 1. The first-order valence-corrected chi connectivity index (χ1v) is 8.11. The van der Waals surface area contributed by atoms with Crippen molar-refractivity contribution in [3.8, 4) is 6.07 Å². The summed E-state index contributed by atoms with van der Waals surface area (Å²) in [4.78, 5) is 12.1. The van der Waals surface area contributed by atoms with Crippen molar-refractivity contribution in [3.63, 3.8) is 0 Å². The molecule has 0 radical (unpaired) electrons. The number of carbonyl (C=O) groups is 1. The molecule has 1 amide bonds. The molecule has 4 heteroatoms. The van der Waals surface area contributed by atoms with Gasteiger partial charge in [0.15, 0.2) is 0 Å². The second-order valence-corrected chi connectivity index (χ2v) is 6.47. The van der Waals surface area contributed by atoms with Crippen LogP contribution in [-0.2, 0) is 16.0 Å². The van der Waals surface area contributed by atoms with Crippen molar-refractivity contribution in [2.75, 3.05) is 13.2 Å². The van der Waals surface area contributed by atoms with Gasteiger partial charge in [0.05, 0.1) is 6.07 Å². The minimum Gasteiger partial charge on any atom is -0.381 e. The summed E-state index contributed by atoms with van der Waals surface area (Å²) in [5.74, 6) is 0.392. The largest absolute Gasteiger partial charge is 0.381 e. The predicted molar refractivity (Wildman–Crippen MR) is 90.6 cm³/mol. The average Bonchev–Trinajstić information content (AvgIpc) is 2.54. The summed E-state index contributed by atoms with van der Waals surface area (Å²) in [5.41, 5.74) is 1.48. The van der Waals surface area contributed by atoms with Crippen LogP contribution in [0.15, 0.2) is 30.3 Å². The van der Waals surface area contributed by atoms with E-state index in [0.717, 1.165) is 12.0 Å². The Morgan fingerprint density at radius 2 is 2.00 bits per heavy atom. The van der Waals surface area contributed by atoms with E-state index in [0.29, 0.717) is 32.0 Å². The molecule has 1 N–H and O–H groups in total. The zero-order valence-corrected chi connectivity index (χ0v) is 13.8. The van der Waals surface area contributed by atoms with E-state index in [1.165, 1.54) is 11.6 Å². The van der Waals surface area contributed by atoms with E-state index in [-0.39, 0.29) is 5.91 Å². The third kappa shape index (κ3) is 5.22. The Balaban J connectivity index is 1.94. The van der Waals surface area contributed by atoms with E-state index >= 15 is 0 Å². The summed E-state index contributed by atoms with van der Waals surface area (Å²) >= 11 is 0. The van der Waals surface area contributed by atoms with Crippen LogP contribution in [0.2, 0.25) is 0 Å². The maximum Gasteiger partial charge on any atom is 0.245 e. The Bertz CT molecular complexity index is 591. The lowest BCUT2D eigenvalue weighted by atomic mass is 9.92. The van der Waals surface area contributed by atoms with Crippen molar-refractivity contribution in [1.29, 1.82) is 5.26 Å². The van der Waals surface area contributed by atoms with Gasteiger partial charge in [-0.15, -0.1) is 0 Å². The van der Waals surface area contributed by atoms with Crippen LogP contribution in [0.1, 0.15) is 37.8 Å². The third-order valence-electron chi connectivity index (χ3n) is 3.97. The maximum absolute atomic E-state index is 12.1. The second-order valence-electron chi connectivity index (χ2n) is 6.47. The molecule has 1 aromatic rings. The van der Waals surface area contributed by atoms with Crippen molar-refractivity contribution in [3.05, 3.63) is 41.5 Å². The Kier molecular flexibility index (Phi) is 5.95. The molecule has 23 heavy (non-hydrogen) atoms. The molecule has 0 atom stereocenters. The van der Waals surface area contributed by atoms with Crippen molar-refractivity contribution in [2.45, 2.75) is 38.6 Å². The number of nitrogens with zero attached hydrogens (tertiary/aromatic N) is 1. The SMILES string of the molecule is CC(C)Cc1ccc(C=CC(=O)NC2(C#N)CCOCC2)cc1. The van der Waals surface area contributed by atoms with Crippen LogP contribution in [0, 0.1) is 17.2 Å². The standard InChI is InChI=1S/C19H24N2O2/c1-15(2)13-17-5-3-16(4-6-17)7-8-18(22)21-19(14-20)9-11-23-12-10-19/h3-8,15H,9-13H2,1-2H3,(H,21,22). The first-order valence-electron chi connectivity index (χ1n) is 8.11. The lowest BCUT2D eigenvalue weighted by Crippen LogP contribution is -2.50. The average molecular weight is 312 g/mol.